The lowest BCUT2D eigenvalue weighted by molar-refractivity contribution is 0.00754. The topological polar surface area (TPSA) is 81.3 Å². The summed E-state index contributed by atoms with van der Waals surface area (Å²) in [7, 11) is 0. The van der Waals surface area contributed by atoms with Gasteiger partial charge in [0.1, 0.15) is 17.2 Å². The average molecular weight is 250 g/mol. The number of nitrogens with two attached hydrogens (primary N) is 1. The largest absolute Gasteiger partial charge is 0.444 e. The predicted octanol–water partition coefficient (Wildman–Crippen LogP) is 1.39. The van der Waals surface area contributed by atoms with E-state index >= 15 is 0 Å². The van der Waals surface area contributed by atoms with Crippen molar-refractivity contribution in [3.63, 3.8) is 0 Å². The van der Waals surface area contributed by atoms with Crippen LogP contribution in [0.25, 0.3) is 0 Å². The fraction of sp³-hybridized carbons (Fsp3) is 0.583. The lowest BCUT2D eigenvalue weighted by Crippen LogP contribution is -2.50. The SMILES string of the molecule is CC(C)(C)OC(=O)N1CC(c2nccc(N)n2)C1. The van der Waals surface area contributed by atoms with Gasteiger partial charge in [-0.2, -0.15) is 0 Å². The van der Waals surface area contributed by atoms with E-state index in [1.807, 2.05) is 20.8 Å². The lowest BCUT2D eigenvalue weighted by Gasteiger charge is -2.38. The molecule has 2 rings (SSSR count). The first-order valence-electron chi connectivity index (χ1n) is 5.91. The molecule has 1 aliphatic rings. The minimum Gasteiger partial charge on any atom is -0.444 e. The van der Waals surface area contributed by atoms with Crippen LogP contribution in [0.5, 0.6) is 0 Å². The minimum atomic E-state index is -0.462. The second-order valence-electron chi connectivity index (χ2n) is 5.42. The molecule has 0 radical (unpaired) electrons. The first-order chi connectivity index (χ1) is 8.35. The summed E-state index contributed by atoms with van der Waals surface area (Å²) in [6.07, 6.45) is 1.34. The van der Waals surface area contributed by atoms with E-state index in [1.165, 1.54) is 0 Å². The highest BCUT2D eigenvalue weighted by Crippen LogP contribution is 2.26. The third kappa shape index (κ3) is 2.88. The van der Waals surface area contributed by atoms with Crippen LogP contribution in [0, 0.1) is 0 Å². The van der Waals surface area contributed by atoms with Gasteiger partial charge in [0.15, 0.2) is 0 Å². The quantitative estimate of drug-likeness (QED) is 0.814. The van der Waals surface area contributed by atoms with Gasteiger partial charge in [-0.1, -0.05) is 0 Å². The fourth-order valence-electron chi connectivity index (χ4n) is 1.70. The Morgan fingerprint density at radius 3 is 2.72 bits per heavy atom. The van der Waals surface area contributed by atoms with Gasteiger partial charge < -0.3 is 15.4 Å². The number of ether oxygens (including phenoxy) is 1. The number of rotatable bonds is 1. The van der Waals surface area contributed by atoms with Crippen LogP contribution in [-0.4, -0.2) is 39.7 Å². The molecular weight excluding hydrogens is 232 g/mol. The second-order valence-corrected chi connectivity index (χ2v) is 5.42. The van der Waals surface area contributed by atoms with Crippen molar-refractivity contribution in [2.45, 2.75) is 32.3 Å². The first-order valence-corrected chi connectivity index (χ1v) is 5.91. The molecule has 1 aromatic heterocycles. The van der Waals surface area contributed by atoms with Crippen LogP contribution in [0.3, 0.4) is 0 Å². The van der Waals surface area contributed by atoms with E-state index in [0.29, 0.717) is 24.7 Å². The van der Waals surface area contributed by atoms with Crippen LogP contribution in [0.15, 0.2) is 12.3 Å². The van der Waals surface area contributed by atoms with Gasteiger partial charge in [0, 0.05) is 19.3 Å². The number of aromatic nitrogens is 2. The number of amides is 1. The summed E-state index contributed by atoms with van der Waals surface area (Å²) in [6, 6.07) is 1.65. The molecule has 0 aromatic carbocycles. The summed E-state index contributed by atoms with van der Waals surface area (Å²) in [5.74, 6) is 1.30. The Kier molecular flexibility index (Phi) is 3.11. The summed E-state index contributed by atoms with van der Waals surface area (Å²) < 4.78 is 5.27. The third-order valence-corrected chi connectivity index (χ3v) is 2.59. The van der Waals surface area contributed by atoms with Crippen molar-refractivity contribution in [1.29, 1.82) is 0 Å². The molecule has 18 heavy (non-hydrogen) atoms. The highest BCUT2D eigenvalue weighted by Gasteiger charge is 2.36. The van der Waals surface area contributed by atoms with E-state index in [0.717, 1.165) is 0 Å². The van der Waals surface area contributed by atoms with Crippen LogP contribution in [0.4, 0.5) is 10.6 Å². The summed E-state index contributed by atoms with van der Waals surface area (Å²) in [6.45, 7) is 6.71. The summed E-state index contributed by atoms with van der Waals surface area (Å²) in [5.41, 5.74) is 5.13. The standard InChI is InChI=1S/C12H18N4O2/c1-12(2,3)18-11(17)16-6-8(7-16)10-14-5-4-9(13)15-10/h4-5,8H,6-7H2,1-3H3,(H2,13,14,15). The predicted molar refractivity (Wildman–Crippen MR) is 67.0 cm³/mol. The maximum absolute atomic E-state index is 11.7. The Labute approximate surface area is 106 Å². The van der Waals surface area contributed by atoms with E-state index in [2.05, 4.69) is 9.97 Å². The monoisotopic (exact) mass is 250 g/mol. The van der Waals surface area contributed by atoms with Crippen molar-refractivity contribution in [3.8, 4) is 0 Å². The maximum atomic E-state index is 11.7. The smallest absolute Gasteiger partial charge is 0.410 e. The summed E-state index contributed by atoms with van der Waals surface area (Å²) in [5, 5.41) is 0. The van der Waals surface area contributed by atoms with Crippen LogP contribution in [-0.2, 0) is 4.74 Å². The molecule has 0 spiro atoms. The van der Waals surface area contributed by atoms with Gasteiger partial charge >= 0.3 is 6.09 Å². The molecule has 6 nitrogen and oxygen atoms in total. The van der Waals surface area contributed by atoms with Crippen molar-refractivity contribution in [1.82, 2.24) is 14.9 Å². The maximum Gasteiger partial charge on any atom is 0.410 e. The normalized spacial score (nSPS) is 16.3. The molecule has 2 heterocycles. The number of nitrogens with zero attached hydrogens (tertiary/aromatic N) is 3. The molecule has 1 saturated heterocycles. The van der Waals surface area contributed by atoms with Gasteiger partial charge in [0.05, 0.1) is 5.92 Å². The molecule has 1 aromatic rings. The van der Waals surface area contributed by atoms with E-state index in [4.69, 9.17) is 10.5 Å². The summed E-state index contributed by atoms with van der Waals surface area (Å²) >= 11 is 0. The van der Waals surface area contributed by atoms with Crippen LogP contribution >= 0.6 is 0 Å². The van der Waals surface area contributed by atoms with E-state index in [-0.39, 0.29) is 12.0 Å². The van der Waals surface area contributed by atoms with Crippen molar-refractivity contribution in [2.75, 3.05) is 18.8 Å². The lowest BCUT2D eigenvalue weighted by atomic mass is 10.00. The highest BCUT2D eigenvalue weighted by molar-refractivity contribution is 5.69. The molecular formula is C12H18N4O2. The van der Waals surface area contributed by atoms with Crippen molar-refractivity contribution < 1.29 is 9.53 Å². The molecule has 6 heteroatoms. The van der Waals surface area contributed by atoms with Gasteiger partial charge in [-0.05, 0) is 26.8 Å². The fourth-order valence-corrected chi connectivity index (χ4v) is 1.70. The van der Waals surface area contributed by atoms with Gasteiger partial charge in [-0.15, -0.1) is 0 Å². The zero-order valence-electron chi connectivity index (χ0n) is 10.9. The molecule has 0 bridgehead atoms. The Hall–Kier alpha value is -1.85. The van der Waals surface area contributed by atoms with E-state index in [9.17, 15) is 4.79 Å². The molecule has 1 fully saturated rings. The molecule has 1 amide bonds. The van der Waals surface area contributed by atoms with Crippen LogP contribution in [0.1, 0.15) is 32.5 Å². The first kappa shape index (κ1) is 12.6. The molecule has 0 saturated carbocycles. The average Bonchev–Trinajstić information content (AvgIpc) is 2.11. The number of hydrogen-bond acceptors (Lipinski definition) is 5. The Bertz CT molecular complexity index is 450. The molecule has 0 unspecified atom stereocenters. The highest BCUT2D eigenvalue weighted by atomic mass is 16.6. The van der Waals surface area contributed by atoms with Crippen molar-refractivity contribution >= 4 is 11.9 Å². The van der Waals surface area contributed by atoms with Gasteiger partial charge in [-0.3, -0.25) is 0 Å². The Balaban J connectivity index is 1.89. The van der Waals surface area contributed by atoms with Crippen LogP contribution in [0.2, 0.25) is 0 Å². The minimum absolute atomic E-state index is 0.154. The molecule has 0 atom stereocenters. The zero-order valence-corrected chi connectivity index (χ0v) is 10.9. The van der Waals surface area contributed by atoms with E-state index < -0.39 is 5.60 Å². The molecule has 2 N–H and O–H groups in total. The third-order valence-electron chi connectivity index (χ3n) is 2.59. The van der Waals surface area contributed by atoms with Crippen LogP contribution < -0.4 is 5.73 Å². The number of carbonyl (C=O) groups is 1. The van der Waals surface area contributed by atoms with Gasteiger partial charge in [0.25, 0.3) is 0 Å². The molecule has 1 aliphatic heterocycles. The van der Waals surface area contributed by atoms with Gasteiger partial charge in [-0.25, -0.2) is 14.8 Å². The molecule has 98 valence electrons. The number of anilines is 1. The Morgan fingerprint density at radius 1 is 1.50 bits per heavy atom. The van der Waals surface area contributed by atoms with Crippen molar-refractivity contribution in [2.24, 2.45) is 0 Å². The number of carbonyl (C=O) groups excluding carboxylic acids is 1. The molecule has 0 aliphatic carbocycles. The van der Waals surface area contributed by atoms with Crippen molar-refractivity contribution in [3.05, 3.63) is 18.1 Å². The van der Waals surface area contributed by atoms with E-state index in [1.54, 1.807) is 17.2 Å². The Morgan fingerprint density at radius 2 is 2.17 bits per heavy atom. The second kappa shape index (κ2) is 4.44. The number of likely N-dealkylation sites (tertiary alicyclic amines) is 1. The van der Waals surface area contributed by atoms with Gasteiger partial charge in [0.2, 0.25) is 0 Å². The zero-order chi connectivity index (χ0) is 13.3. The summed E-state index contributed by atoms with van der Waals surface area (Å²) in [4.78, 5) is 21.7. The number of hydrogen-bond donors (Lipinski definition) is 1. The number of nitrogen functional groups attached to an aromatic ring is 1.